The van der Waals surface area contributed by atoms with Crippen LogP contribution in [0.4, 0.5) is 0 Å². The molecular weight excluding hydrogens is 350 g/mol. The topological polar surface area (TPSA) is 66.4 Å². The minimum atomic E-state index is -0.662. The maximum Gasteiger partial charge on any atom is 0.306 e. The largest absolute Gasteiger partial charge is 0.481 e. The third-order valence-electron chi connectivity index (χ3n) is 6.29. The predicted molar refractivity (Wildman–Crippen MR) is 116 cm³/mol. The van der Waals surface area contributed by atoms with E-state index in [1.165, 1.54) is 70.6 Å². The Hall–Kier alpha value is -1.06. The molecule has 0 saturated heterocycles. The van der Waals surface area contributed by atoms with E-state index in [4.69, 9.17) is 5.11 Å². The zero-order chi connectivity index (χ0) is 20.5. The van der Waals surface area contributed by atoms with E-state index < -0.39 is 5.97 Å². The molecule has 0 spiro atoms. The van der Waals surface area contributed by atoms with Gasteiger partial charge in [-0.2, -0.15) is 0 Å². The molecule has 4 nitrogen and oxygen atoms in total. The number of carbonyl (C=O) groups excluding carboxylic acids is 1. The summed E-state index contributed by atoms with van der Waals surface area (Å²) in [7, 11) is 0. The summed E-state index contributed by atoms with van der Waals surface area (Å²) in [4.78, 5) is 22.9. The number of carbonyl (C=O) groups is 2. The Kier molecular flexibility index (Phi) is 15.0. The first kappa shape index (κ1) is 25.0. The van der Waals surface area contributed by atoms with E-state index >= 15 is 0 Å². The molecule has 164 valence electrons. The lowest BCUT2D eigenvalue weighted by Gasteiger charge is -2.26. The average molecular weight is 396 g/mol. The fraction of sp³-hybridized carbons (Fsp3) is 0.917. The maximum atomic E-state index is 12.0. The number of hydrogen-bond acceptors (Lipinski definition) is 2. The average Bonchev–Trinajstić information content (AvgIpc) is 2.70. The Morgan fingerprint density at radius 2 is 1.21 bits per heavy atom. The van der Waals surface area contributed by atoms with E-state index in [1.807, 2.05) is 0 Å². The Morgan fingerprint density at radius 3 is 1.68 bits per heavy atom. The van der Waals surface area contributed by atoms with Gasteiger partial charge in [0.05, 0.1) is 5.92 Å². The summed E-state index contributed by atoms with van der Waals surface area (Å²) in [5, 5.41) is 12.1. The molecule has 0 aromatic rings. The fourth-order valence-electron chi connectivity index (χ4n) is 4.26. The van der Waals surface area contributed by atoms with Gasteiger partial charge in [-0.25, -0.2) is 0 Å². The molecule has 1 rings (SSSR count). The lowest BCUT2D eigenvalue weighted by atomic mass is 9.82. The molecule has 1 saturated carbocycles. The van der Waals surface area contributed by atoms with E-state index in [0.29, 0.717) is 12.3 Å². The lowest BCUT2D eigenvalue weighted by molar-refractivity contribution is -0.143. The highest BCUT2D eigenvalue weighted by molar-refractivity contribution is 5.75. The van der Waals surface area contributed by atoms with Crippen LogP contribution in [-0.2, 0) is 9.59 Å². The van der Waals surface area contributed by atoms with Crippen molar-refractivity contribution in [2.75, 3.05) is 6.54 Å². The Labute approximate surface area is 173 Å². The second-order valence-corrected chi connectivity index (χ2v) is 8.85. The molecule has 4 heteroatoms. The first-order valence-corrected chi connectivity index (χ1v) is 12.1. The lowest BCUT2D eigenvalue weighted by Crippen LogP contribution is -2.32. The molecule has 0 aromatic carbocycles. The van der Waals surface area contributed by atoms with E-state index in [9.17, 15) is 9.59 Å². The van der Waals surface area contributed by atoms with Crippen LogP contribution in [0.25, 0.3) is 0 Å². The van der Waals surface area contributed by atoms with Crippen molar-refractivity contribution in [3.8, 4) is 0 Å². The number of nitrogens with one attached hydrogen (secondary N) is 1. The summed E-state index contributed by atoms with van der Waals surface area (Å²) in [5.41, 5.74) is 0. The second-order valence-electron chi connectivity index (χ2n) is 8.85. The number of hydrogen-bond donors (Lipinski definition) is 2. The molecule has 0 atom stereocenters. The first-order valence-electron chi connectivity index (χ1n) is 12.1. The molecule has 1 aliphatic carbocycles. The summed E-state index contributed by atoms with van der Waals surface area (Å²) in [6, 6.07) is 0. The van der Waals surface area contributed by atoms with Gasteiger partial charge in [-0.1, -0.05) is 84.0 Å². The summed E-state index contributed by atoms with van der Waals surface area (Å²) < 4.78 is 0. The molecule has 0 radical (unpaired) electrons. The minimum Gasteiger partial charge on any atom is -0.481 e. The molecule has 28 heavy (non-hydrogen) atoms. The number of unbranched alkanes of at least 4 members (excludes halogenated alkanes) is 12. The van der Waals surface area contributed by atoms with Crippen molar-refractivity contribution in [2.45, 2.75) is 122 Å². The van der Waals surface area contributed by atoms with Crippen molar-refractivity contribution >= 4 is 11.9 Å². The van der Waals surface area contributed by atoms with Gasteiger partial charge in [0.1, 0.15) is 0 Å². The number of carboxylic acids is 1. The third kappa shape index (κ3) is 13.2. The van der Waals surface area contributed by atoms with Crippen molar-refractivity contribution in [1.29, 1.82) is 0 Å². The van der Waals surface area contributed by atoms with E-state index in [0.717, 1.165) is 45.1 Å². The van der Waals surface area contributed by atoms with E-state index in [-0.39, 0.29) is 11.8 Å². The molecule has 0 bridgehead atoms. The highest BCUT2D eigenvalue weighted by atomic mass is 16.4. The third-order valence-corrected chi connectivity index (χ3v) is 6.29. The van der Waals surface area contributed by atoms with Crippen LogP contribution in [0, 0.1) is 11.8 Å². The summed E-state index contributed by atoms with van der Waals surface area (Å²) in [6.45, 7) is 2.99. The fourth-order valence-corrected chi connectivity index (χ4v) is 4.26. The number of amides is 1. The quantitative estimate of drug-likeness (QED) is 0.277. The van der Waals surface area contributed by atoms with Crippen LogP contribution in [0.2, 0.25) is 0 Å². The zero-order valence-corrected chi connectivity index (χ0v) is 18.4. The number of aliphatic carboxylic acids is 1. The van der Waals surface area contributed by atoms with Gasteiger partial charge in [0.15, 0.2) is 0 Å². The molecular formula is C24H45NO3. The SMILES string of the molecule is CCCCCCCCCCCCCCCC(=O)NCC1CCC(C(=O)O)CC1. The van der Waals surface area contributed by atoms with Crippen molar-refractivity contribution in [3.05, 3.63) is 0 Å². The Bertz CT molecular complexity index is 403. The smallest absolute Gasteiger partial charge is 0.306 e. The van der Waals surface area contributed by atoms with Crippen LogP contribution in [-0.4, -0.2) is 23.5 Å². The van der Waals surface area contributed by atoms with Crippen LogP contribution in [0.5, 0.6) is 0 Å². The van der Waals surface area contributed by atoms with Gasteiger partial charge < -0.3 is 10.4 Å². The van der Waals surface area contributed by atoms with Gasteiger partial charge in [0, 0.05) is 13.0 Å². The van der Waals surface area contributed by atoms with Gasteiger partial charge in [-0.05, 0) is 38.0 Å². The van der Waals surface area contributed by atoms with Crippen LogP contribution in [0.3, 0.4) is 0 Å². The first-order chi connectivity index (χ1) is 13.6. The summed E-state index contributed by atoms with van der Waals surface area (Å²) in [5.74, 6) is -0.197. The predicted octanol–water partition coefficient (Wildman–Crippen LogP) is 6.47. The highest BCUT2D eigenvalue weighted by Gasteiger charge is 2.25. The van der Waals surface area contributed by atoms with Crippen LogP contribution in [0.1, 0.15) is 122 Å². The van der Waals surface area contributed by atoms with Crippen molar-refractivity contribution in [2.24, 2.45) is 11.8 Å². The normalized spacial score (nSPS) is 19.5. The molecule has 1 fully saturated rings. The second kappa shape index (κ2) is 16.9. The monoisotopic (exact) mass is 395 g/mol. The van der Waals surface area contributed by atoms with Crippen molar-refractivity contribution in [1.82, 2.24) is 5.32 Å². The summed E-state index contributed by atoms with van der Waals surface area (Å²) in [6.07, 6.45) is 21.2. The minimum absolute atomic E-state index is 0.169. The maximum absolute atomic E-state index is 12.0. The van der Waals surface area contributed by atoms with E-state index in [2.05, 4.69) is 12.2 Å². The van der Waals surface area contributed by atoms with Crippen molar-refractivity contribution in [3.63, 3.8) is 0 Å². The molecule has 2 N–H and O–H groups in total. The van der Waals surface area contributed by atoms with Crippen LogP contribution in [0.15, 0.2) is 0 Å². The highest BCUT2D eigenvalue weighted by Crippen LogP contribution is 2.28. The number of rotatable bonds is 17. The molecule has 0 heterocycles. The molecule has 1 aliphatic rings. The van der Waals surface area contributed by atoms with Gasteiger partial charge in [-0.15, -0.1) is 0 Å². The molecule has 0 unspecified atom stereocenters. The molecule has 0 aromatic heterocycles. The Balaban J connectivity index is 1.83. The molecule has 0 aliphatic heterocycles. The summed E-state index contributed by atoms with van der Waals surface area (Å²) >= 11 is 0. The van der Waals surface area contributed by atoms with Gasteiger partial charge in [0.2, 0.25) is 5.91 Å². The molecule has 1 amide bonds. The van der Waals surface area contributed by atoms with E-state index in [1.54, 1.807) is 0 Å². The standard InChI is InChI=1S/C24H45NO3/c1-2-3-4-5-6-7-8-9-10-11-12-13-14-15-23(26)25-20-21-16-18-22(19-17-21)24(27)28/h21-22H,2-20H2,1H3,(H,25,26)(H,27,28). The Morgan fingerprint density at radius 1 is 0.750 bits per heavy atom. The van der Waals surface area contributed by atoms with Gasteiger partial charge in [0.25, 0.3) is 0 Å². The van der Waals surface area contributed by atoms with Crippen LogP contribution < -0.4 is 5.32 Å². The number of carboxylic acid groups (broad SMARTS) is 1. The van der Waals surface area contributed by atoms with Crippen LogP contribution >= 0.6 is 0 Å². The van der Waals surface area contributed by atoms with Crippen molar-refractivity contribution < 1.29 is 14.7 Å². The zero-order valence-electron chi connectivity index (χ0n) is 18.4. The van der Waals surface area contributed by atoms with Gasteiger partial charge in [-0.3, -0.25) is 9.59 Å². The van der Waals surface area contributed by atoms with Gasteiger partial charge >= 0.3 is 5.97 Å².